The summed E-state index contributed by atoms with van der Waals surface area (Å²) in [6.45, 7) is 6.35. The number of nitrogens with zero attached hydrogens (tertiary/aromatic N) is 4. The van der Waals surface area contributed by atoms with E-state index in [1.807, 2.05) is 18.5 Å². The number of nitrogens with two attached hydrogens (primary N) is 1. The van der Waals surface area contributed by atoms with E-state index < -0.39 is 5.60 Å². The van der Waals surface area contributed by atoms with Crippen LogP contribution in [0, 0.1) is 5.92 Å². The molecule has 3 rings (SSSR count). The summed E-state index contributed by atoms with van der Waals surface area (Å²) in [5, 5.41) is 26.5. The molecule has 0 saturated carbocycles. The third-order valence-corrected chi connectivity index (χ3v) is 4.88. The van der Waals surface area contributed by atoms with Gasteiger partial charge in [-0.2, -0.15) is 9.97 Å². The summed E-state index contributed by atoms with van der Waals surface area (Å²) in [5.74, 6) is 1.14. The van der Waals surface area contributed by atoms with Crippen LogP contribution in [0.1, 0.15) is 26.3 Å². The van der Waals surface area contributed by atoms with Crippen molar-refractivity contribution < 1.29 is 10.2 Å². The van der Waals surface area contributed by atoms with Gasteiger partial charge < -0.3 is 31.1 Å². The minimum absolute atomic E-state index is 0.000940. The molecule has 0 saturated heterocycles. The normalized spacial score (nSPS) is 12.9. The lowest BCUT2D eigenvalue weighted by Gasteiger charge is -2.25. The van der Waals surface area contributed by atoms with Crippen molar-refractivity contribution in [1.29, 1.82) is 0 Å². The van der Waals surface area contributed by atoms with Gasteiger partial charge in [-0.15, -0.1) is 0 Å². The highest BCUT2D eigenvalue weighted by atomic mass is 16.3. The molecule has 150 valence electrons. The molecule has 6 N–H and O–H groups in total. The van der Waals surface area contributed by atoms with Crippen LogP contribution in [-0.4, -0.2) is 41.9 Å². The average molecular weight is 385 g/mol. The molecule has 3 aromatic rings. The van der Waals surface area contributed by atoms with Crippen LogP contribution in [-0.2, 0) is 13.6 Å². The monoisotopic (exact) mass is 385 g/mol. The molecule has 0 aliphatic carbocycles. The van der Waals surface area contributed by atoms with E-state index in [0.717, 1.165) is 0 Å². The van der Waals surface area contributed by atoms with Crippen LogP contribution in [0.3, 0.4) is 0 Å². The van der Waals surface area contributed by atoms with Crippen molar-refractivity contribution in [2.75, 3.05) is 22.9 Å². The molecule has 9 heteroatoms. The smallest absolute Gasteiger partial charge is 0.226 e. The number of aromatic hydroxyl groups is 1. The van der Waals surface area contributed by atoms with Gasteiger partial charge >= 0.3 is 0 Å². The third kappa shape index (κ3) is 4.25. The summed E-state index contributed by atoms with van der Waals surface area (Å²) in [7, 11) is 1.86. The maximum absolute atomic E-state index is 10.1. The number of nitrogens with one attached hydrogen (secondary N) is 2. The fourth-order valence-electron chi connectivity index (χ4n) is 2.63. The lowest BCUT2D eigenvalue weighted by atomic mass is 9.93. The van der Waals surface area contributed by atoms with Crippen LogP contribution >= 0.6 is 0 Å². The SMILES string of the molecule is CC(CNc1nc(NCc2cc(N)ccc2O)c2ncn(C)c2n1)C(C)(C)O. The van der Waals surface area contributed by atoms with E-state index in [4.69, 9.17) is 5.73 Å². The summed E-state index contributed by atoms with van der Waals surface area (Å²) >= 11 is 0. The molecule has 0 bridgehead atoms. The summed E-state index contributed by atoms with van der Waals surface area (Å²) in [5.41, 5.74) is 7.53. The number of hydrogen-bond donors (Lipinski definition) is 5. The van der Waals surface area contributed by atoms with Gasteiger partial charge in [-0.25, -0.2) is 4.98 Å². The first kappa shape index (κ1) is 19.7. The predicted molar refractivity (Wildman–Crippen MR) is 110 cm³/mol. The van der Waals surface area contributed by atoms with Gasteiger partial charge in [0.25, 0.3) is 0 Å². The van der Waals surface area contributed by atoms with Crippen molar-refractivity contribution in [3.8, 4) is 5.75 Å². The van der Waals surface area contributed by atoms with Gasteiger partial charge in [0.1, 0.15) is 5.75 Å². The molecule has 2 aromatic heterocycles. The molecule has 1 aromatic carbocycles. The van der Waals surface area contributed by atoms with Gasteiger partial charge in [0.05, 0.1) is 11.9 Å². The van der Waals surface area contributed by atoms with Crippen LogP contribution in [0.5, 0.6) is 5.75 Å². The highest BCUT2D eigenvalue weighted by Crippen LogP contribution is 2.24. The Kier molecular flexibility index (Phi) is 5.28. The highest BCUT2D eigenvalue weighted by molar-refractivity contribution is 5.84. The Morgan fingerprint density at radius 3 is 2.71 bits per heavy atom. The summed E-state index contributed by atoms with van der Waals surface area (Å²) in [6, 6.07) is 4.92. The molecular formula is C19H27N7O2. The third-order valence-electron chi connectivity index (χ3n) is 4.88. The van der Waals surface area contributed by atoms with Crippen molar-refractivity contribution in [2.45, 2.75) is 32.9 Å². The number of aryl methyl sites for hydroxylation is 1. The standard InChI is InChI=1S/C19H27N7O2/c1-11(19(2,3)28)8-22-18-24-16(15-17(25-18)26(4)10-23-15)21-9-12-7-13(20)5-6-14(12)27/h5-7,10-11,27-28H,8-9,20H2,1-4H3,(H2,21,22,24,25). The van der Waals surface area contributed by atoms with Crippen LogP contribution in [0.15, 0.2) is 24.5 Å². The van der Waals surface area contributed by atoms with Crippen LogP contribution in [0.25, 0.3) is 11.2 Å². The number of phenols is 1. The van der Waals surface area contributed by atoms with Gasteiger partial charge in [-0.05, 0) is 32.0 Å². The number of aromatic nitrogens is 4. The van der Waals surface area contributed by atoms with Gasteiger partial charge in [-0.3, -0.25) is 0 Å². The van der Waals surface area contributed by atoms with Crippen LogP contribution in [0.4, 0.5) is 17.5 Å². The number of imidazole rings is 1. The van der Waals surface area contributed by atoms with Gasteiger partial charge in [-0.1, -0.05) is 6.92 Å². The Bertz CT molecular complexity index is 978. The number of fused-ring (bicyclic) bond motifs is 1. The van der Waals surface area contributed by atoms with E-state index in [0.29, 0.717) is 47.3 Å². The summed E-state index contributed by atoms with van der Waals surface area (Å²) < 4.78 is 1.81. The second kappa shape index (κ2) is 7.51. The number of nitrogen functional groups attached to an aromatic ring is 1. The number of phenolic OH excluding ortho intramolecular Hbond substituents is 1. The molecule has 0 spiro atoms. The molecule has 0 fully saturated rings. The van der Waals surface area contributed by atoms with E-state index in [9.17, 15) is 10.2 Å². The molecular weight excluding hydrogens is 358 g/mol. The first-order chi connectivity index (χ1) is 13.1. The Hall–Kier alpha value is -3.07. The predicted octanol–water partition coefficient (Wildman–Crippen LogP) is 2.08. The van der Waals surface area contributed by atoms with E-state index in [1.54, 1.807) is 38.4 Å². The molecule has 0 radical (unpaired) electrons. The Morgan fingerprint density at radius 1 is 1.25 bits per heavy atom. The van der Waals surface area contributed by atoms with Gasteiger partial charge in [0.2, 0.25) is 5.95 Å². The van der Waals surface area contributed by atoms with E-state index in [1.165, 1.54) is 0 Å². The zero-order chi connectivity index (χ0) is 20.5. The second-order valence-electron chi connectivity index (χ2n) is 7.60. The molecule has 28 heavy (non-hydrogen) atoms. The second-order valence-corrected chi connectivity index (χ2v) is 7.60. The number of rotatable bonds is 7. The van der Waals surface area contributed by atoms with Crippen LogP contribution in [0.2, 0.25) is 0 Å². The molecule has 1 unspecified atom stereocenters. The van der Waals surface area contributed by atoms with E-state index >= 15 is 0 Å². The van der Waals surface area contributed by atoms with Gasteiger partial charge in [0.15, 0.2) is 17.0 Å². The van der Waals surface area contributed by atoms with Crippen molar-refractivity contribution in [1.82, 2.24) is 19.5 Å². The van der Waals surface area contributed by atoms with E-state index in [2.05, 4.69) is 25.6 Å². The minimum Gasteiger partial charge on any atom is -0.508 e. The largest absolute Gasteiger partial charge is 0.508 e. The average Bonchev–Trinajstić information content (AvgIpc) is 3.00. The van der Waals surface area contributed by atoms with Crippen molar-refractivity contribution in [2.24, 2.45) is 13.0 Å². The fraction of sp³-hybridized carbons (Fsp3) is 0.421. The van der Waals surface area contributed by atoms with Crippen molar-refractivity contribution >= 4 is 28.6 Å². The topological polar surface area (TPSA) is 134 Å². The molecule has 0 amide bonds. The maximum atomic E-state index is 10.1. The fourth-order valence-corrected chi connectivity index (χ4v) is 2.63. The number of aliphatic hydroxyl groups is 1. The first-order valence-electron chi connectivity index (χ1n) is 9.11. The first-order valence-corrected chi connectivity index (χ1v) is 9.11. The lowest BCUT2D eigenvalue weighted by Crippen LogP contribution is -2.33. The number of benzene rings is 1. The zero-order valence-electron chi connectivity index (χ0n) is 16.6. The summed E-state index contributed by atoms with van der Waals surface area (Å²) in [6.07, 6.45) is 1.67. The number of hydrogen-bond acceptors (Lipinski definition) is 8. The molecule has 2 heterocycles. The summed E-state index contributed by atoms with van der Waals surface area (Å²) in [4.78, 5) is 13.4. The molecule has 0 aliphatic rings. The zero-order valence-corrected chi connectivity index (χ0v) is 16.6. The van der Waals surface area contributed by atoms with Gasteiger partial charge in [0, 0.05) is 37.3 Å². The van der Waals surface area contributed by atoms with Crippen molar-refractivity contribution in [3.63, 3.8) is 0 Å². The molecule has 9 nitrogen and oxygen atoms in total. The molecule has 1 atom stereocenters. The Labute approximate surface area is 163 Å². The quantitative estimate of drug-likeness (QED) is 0.308. The molecule has 0 aliphatic heterocycles. The maximum Gasteiger partial charge on any atom is 0.226 e. The van der Waals surface area contributed by atoms with Crippen molar-refractivity contribution in [3.05, 3.63) is 30.1 Å². The number of anilines is 3. The Morgan fingerprint density at radius 2 is 2.00 bits per heavy atom. The van der Waals surface area contributed by atoms with E-state index in [-0.39, 0.29) is 11.7 Å². The Balaban J connectivity index is 1.85. The lowest BCUT2D eigenvalue weighted by molar-refractivity contribution is 0.0303. The minimum atomic E-state index is -0.810. The van der Waals surface area contributed by atoms with Crippen LogP contribution < -0.4 is 16.4 Å². The highest BCUT2D eigenvalue weighted by Gasteiger charge is 2.22.